The highest BCUT2D eigenvalue weighted by Crippen LogP contribution is 2.33. The van der Waals surface area contributed by atoms with Crippen LogP contribution >= 0.6 is 15.9 Å². The minimum absolute atomic E-state index is 0.00383. The monoisotopic (exact) mass is 318 g/mol. The maximum Gasteiger partial charge on any atom is 0.136 e. The van der Waals surface area contributed by atoms with E-state index in [1.165, 1.54) is 0 Å². The molecular weight excluding hydrogens is 300 g/mol. The molecule has 0 fully saturated rings. The maximum absolute atomic E-state index is 9.05. The SMILES string of the molecule is COc1cc(OC)c(CCC(CO)CO)cc1Br. The minimum atomic E-state index is -0.0874. The Morgan fingerprint density at radius 1 is 1.11 bits per heavy atom. The summed E-state index contributed by atoms with van der Waals surface area (Å²) < 4.78 is 11.4. The molecule has 18 heavy (non-hydrogen) atoms. The molecule has 1 rings (SSSR count). The van der Waals surface area contributed by atoms with Crippen molar-refractivity contribution in [3.63, 3.8) is 0 Å². The lowest BCUT2D eigenvalue weighted by atomic mass is 10.00. The van der Waals surface area contributed by atoms with Gasteiger partial charge in [-0.2, -0.15) is 0 Å². The number of hydrogen-bond acceptors (Lipinski definition) is 4. The van der Waals surface area contributed by atoms with Crippen molar-refractivity contribution in [1.82, 2.24) is 0 Å². The van der Waals surface area contributed by atoms with Crippen LogP contribution in [-0.2, 0) is 6.42 Å². The number of benzene rings is 1. The molecule has 0 aliphatic rings. The van der Waals surface area contributed by atoms with Crippen LogP contribution in [-0.4, -0.2) is 37.6 Å². The van der Waals surface area contributed by atoms with Gasteiger partial charge in [-0.05, 0) is 40.4 Å². The number of halogens is 1. The first kappa shape index (κ1) is 15.3. The quantitative estimate of drug-likeness (QED) is 0.807. The van der Waals surface area contributed by atoms with Gasteiger partial charge in [-0.1, -0.05) is 0 Å². The average Bonchev–Trinajstić information content (AvgIpc) is 2.40. The van der Waals surface area contributed by atoms with E-state index in [0.29, 0.717) is 6.42 Å². The van der Waals surface area contributed by atoms with E-state index in [-0.39, 0.29) is 19.1 Å². The fraction of sp³-hybridized carbons (Fsp3) is 0.538. The molecule has 1 aromatic carbocycles. The summed E-state index contributed by atoms with van der Waals surface area (Å²) in [7, 11) is 3.22. The third kappa shape index (κ3) is 3.86. The first-order valence-electron chi connectivity index (χ1n) is 5.78. The zero-order valence-corrected chi connectivity index (χ0v) is 12.2. The molecule has 0 unspecified atom stereocenters. The van der Waals surface area contributed by atoms with Gasteiger partial charge in [0.15, 0.2) is 0 Å². The number of aryl methyl sites for hydroxylation is 1. The van der Waals surface area contributed by atoms with Gasteiger partial charge >= 0.3 is 0 Å². The second-order valence-electron chi connectivity index (χ2n) is 4.07. The van der Waals surface area contributed by atoms with Crippen molar-refractivity contribution in [3.05, 3.63) is 22.2 Å². The minimum Gasteiger partial charge on any atom is -0.496 e. The number of hydrogen-bond donors (Lipinski definition) is 2. The van der Waals surface area contributed by atoms with Crippen molar-refractivity contribution < 1.29 is 19.7 Å². The Morgan fingerprint density at radius 3 is 2.22 bits per heavy atom. The molecule has 0 heterocycles. The molecular formula is C13H19BrO4. The summed E-state index contributed by atoms with van der Waals surface area (Å²) >= 11 is 3.43. The summed E-state index contributed by atoms with van der Waals surface area (Å²) in [4.78, 5) is 0. The van der Waals surface area contributed by atoms with Gasteiger partial charge in [0.05, 0.1) is 18.7 Å². The molecule has 2 N–H and O–H groups in total. The molecule has 5 heteroatoms. The van der Waals surface area contributed by atoms with Crippen molar-refractivity contribution in [2.75, 3.05) is 27.4 Å². The predicted octanol–water partition coefficient (Wildman–Crippen LogP) is 2.00. The van der Waals surface area contributed by atoms with Crippen LogP contribution in [0.25, 0.3) is 0 Å². The van der Waals surface area contributed by atoms with E-state index in [9.17, 15) is 0 Å². The molecule has 0 spiro atoms. The second kappa shape index (κ2) is 7.61. The second-order valence-corrected chi connectivity index (χ2v) is 4.92. The van der Waals surface area contributed by atoms with Crippen molar-refractivity contribution in [2.24, 2.45) is 5.92 Å². The van der Waals surface area contributed by atoms with Crippen molar-refractivity contribution in [2.45, 2.75) is 12.8 Å². The highest BCUT2D eigenvalue weighted by Gasteiger charge is 2.12. The van der Waals surface area contributed by atoms with Gasteiger partial charge in [0.2, 0.25) is 0 Å². The third-order valence-electron chi connectivity index (χ3n) is 2.89. The largest absolute Gasteiger partial charge is 0.496 e. The molecule has 1 aromatic rings. The zero-order chi connectivity index (χ0) is 13.5. The lowest BCUT2D eigenvalue weighted by Gasteiger charge is -2.14. The van der Waals surface area contributed by atoms with Crippen LogP contribution in [0.5, 0.6) is 11.5 Å². The Balaban J connectivity index is 2.84. The third-order valence-corrected chi connectivity index (χ3v) is 3.51. The molecule has 0 aromatic heterocycles. The summed E-state index contributed by atoms with van der Waals surface area (Å²) in [5, 5.41) is 18.1. The van der Waals surface area contributed by atoms with Gasteiger partial charge in [0, 0.05) is 25.2 Å². The molecule has 0 aliphatic carbocycles. The van der Waals surface area contributed by atoms with Gasteiger partial charge in [-0.25, -0.2) is 0 Å². The standard InChI is InChI=1S/C13H19BrO4/c1-17-12-6-13(18-2)11(14)5-10(12)4-3-9(7-15)8-16/h5-6,9,15-16H,3-4,7-8H2,1-2H3. The molecule has 0 aliphatic heterocycles. The lowest BCUT2D eigenvalue weighted by molar-refractivity contribution is 0.144. The van der Waals surface area contributed by atoms with E-state index < -0.39 is 0 Å². The van der Waals surface area contributed by atoms with E-state index in [1.54, 1.807) is 14.2 Å². The van der Waals surface area contributed by atoms with E-state index >= 15 is 0 Å². The van der Waals surface area contributed by atoms with Crippen LogP contribution in [0.15, 0.2) is 16.6 Å². The fourth-order valence-electron chi connectivity index (χ4n) is 1.72. The van der Waals surface area contributed by atoms with Crippen molar-refractivity contribution in [1.29, 1.82) is 0 Å². The van der Waals surface area contributed by atoms with Crippen molar-refractivity contribution >= 4 is 15.9 Å². The van der Waals surface area contributed by atoms with E-state index in [1.807, 2.05) is 12.1 Å². The predicted molar refractivity (Wildman–Crippen MR) is 73.2 cm³/mol. The zero-order valence-electron chi connectivity index (χ0n) is 10.6. The summed E-state index contributed by atoms with van der Waals surface area (Å²) in [5.41, 5.74) is 1.03. The highest BCUT2D eigenvalue weighted by atomic mass is 79.9. The Morgan fingerprint density at radius 2 is 1.72 bits per heavy atom. The van der Waals surface area contributed by atoms with Gasteiger partial charge in [-0.3, -0.25) is 0 Å². The van der Waals surface area contributed by atoms with Crippen molar-refractivity contribution in [3.8, 4) is 11.5 Å². The number of methoxy groups -OCH3 is 2. The Labute approximate surface area is 116 Å². The highest BCUT2D eigenvalue weighted by molar-refractivity contribution is 9.10. The topological polar surface area (TPSA) is 58.9 Å². The summed E-state index contributed by atoms with van der Waals surface area (Å²) in [6.45, 7) is -0.00766. The van der Waals surface area contributed by atoms with E-state index in [4.69, 9.17) is 19.7 Å². The van der Waals surface area contributed by atoms with Gasteiger partial charge in [0.25, 0.3) is 0 Å². The lowest BCUT2D eigenvalue weighted by Crippen LogP contribution is -2.12. The molecule has 0 saturated carbocycles. The van der Waals surface area contributed by atoms with Crippen LogP contribution in [0.3, 0.4) is 0 Å². The Hall–Kier alpha value is -0.780. The first-order chi connectivity index (χ1) is 8.65. The van der Waals surface area contributed by atoms with E-state index in [0.717, 1.165) is 28.0 Å². The smallest absolute Gasteiger partial charge is 0.136 e. The first-order valence-corrected chi connectivity index (χ1v) is 6.57. The molecule has 0 atom stereocenters. The Kier molecular flexibility index (Phi) is 6.46. The molecule has 0 radical (unpaired) electrons. The Bertz CT molecular complexity index is 377. The van der Waals surface area contributed by atoms with Gasteiger partial charge < -0.3 is 19.7 Å². The van der Waals surface area contributed by atoms with Crippen LogP contribution < -0.4 is 9.47 Å². The normalized spacial score (nSPS) is 10.8. The van der Waals surface area contributed by atoms with Crippen LogP contribution in [0.2, 0.25) is 0 Å². The van der Waals surface area contributed by atoms with Crippen LogP contribution in [0.1, 0.15) is 12.0 Å². The van der Waals surface area contributed by atoms with Gasteiger partial charge in [0.1, 0.15) is 11.5 Å². The average molecular weight is 319 g/mol. The molecule has 102 valence electrons. The molecule has 0 amide bonds. The van der Waals surface area contributed by atoms with Gasteiger partial charge in [-0.15, -0.1) is 0 Å². The maximum atomic E-state index is 9.05. The molecule has 0 bridgehead atoms. The van der Waals surface area contributed by atoms with E-state index in [2.05, 4.69) is 15.9 Å². The number of ether oxygens (including phenoxy) is 2. The fourth-order valence-corrected chi connectivity index (χ4v) is 2.27. The summed E-state index contributed by atoms with van der Waals surface area (Å²) in [6, 6.07) is 3.77. The number of aliphatic hydroxyl groups is 2. The van der Waals surface area contributed by atoms with Crippen LogP contribution in [0, 0.1) is 5.92 Å². The number of rotatable bonds is 7. The number of aliphatic hydroxyl groups excluding tert-OH is 2. The molecule has 0 saturated heterocycles. The summed E-state index contributed by atoms with van der Waals surface area (Å²) in [5.74, 6) is 1.39. The van der Waals surface area contributed by atoms with Crippen LogP contribution in [0.4, 0.5) is 0 Å². The summed E-state index contributed by atoms with van der Waals surface area (Å²) in [6.07, 6.45) is 1.44. The molecule has 4 nitrogen and oxygen atoms in total.